The van der Waals surface area contributed by atoms with Crippen molar-refractivity contribution in [2.75, 3.05) is 20.8 Å². The first kappa shape index (κ1) is 13.4. The smallest absolute Gasteiger partial charge is 0.254 e. The van der Waals surface area contributed by atoms with Crippen LogP contribution in [0.3, 0.4) is 0 Å². The van der Waals surface area contributed by atoms with Gasteiger partial charge in [0.15, 0.2) is 0 Å². The van der Waals surface area contributed by atoms with E-state index in [0.29, 0.717) is 12.2 Å². The zero-order valence-corrected chi connectivity index (χ0v) is 10.6. The molecule has 0 aliphatic rings. The number of ether oxygens (including phenoxy) is 1. The Kier molecular flexibility index (Phi) is 4.07. The second kappa shape index (κ2) is 5.14. The van der Waals surface area contributed by atoms with Gasteiger partial charge in [-0.2, -0.15) is 0 Å². The third-order valence-electron chi connectivity index (χ3n) is 2.73. The lowest BCUT2D eigenvalue weighted by Crippen LogP contribution is -2.48. The molecule has 1 heterocycles. The number of carbonyl (C=O) groups is 1. The van der Waals surface area contributed by atoms with Crippen molar-refractivity contribution in [2.24, 2.45) is 0 Å². The molecule has 0 saturated carbocycles. The maximum atomic E-state index is 12.1. The van der Waals surface area contributed by atoms with Gasteiger partial charge in [0.1, 0.15) is 0 Å². The van der Waals surface area contributed by atoms with Gasteiger partial charge in [0, 0.05) is 32.0 Å². The molecule has 1 amide bonds. The van der Waals surface area contributed by atoms with Gasteiger partial charge >= 0.3 is 0 Å². The van der Waals surface area contributed by atoms with E-state index in [0.717, 1.165) is 0 Å². The van der Waals surface area contributed by atoms with Gasteiger partial charge in [-0.3, -0.25) is 9.59 Å². The molecule has 0 aromatic carbocycles. The molecule has 0 spiro atoms. The van der Waals surface area contributed by atoms with Crippen molar-refractivity contribution in [3.63, 3.8) is 0 Å². The Morgan fingerprint density at radius 2 is 2.18 bits per heavy atom. The molecule has 5 heteroatoms. The summed E-state index contributed by atoms with van der Waals surface area (Å²) in [4.78, 5) is 27.3. The number of rotatable bonds is 4. The molecule has 0 atom stereocenters. The van der Waals surface area contributed by atoms with Crippen molar-refractivity contribution >= 4 is 5.91 Å². The summed E-state index contributed by atoms with van der Waals surface area (Å²) in [6.45, 7) is 4.24. The maximum Gasteiger partial charge on any atom is 0.254 e. The van der Waals surface area contributed by atoms with Gasteiger partial charge in [-0.05, 0) is 19.9 Å². The van der Waals surface area contributed by atoms with E-state index in [1.165, 1.54) is 12.3 Å². The molecular formula is C12H18N2O3. The Balaban J connectivity index is 2.94. The van der Waals surface area contributed by atoms with Gasteiger partial charge in [0.05, 0.1) is 12.1 Å². The molecule has 0 radical (unpaired) electrons. The number of aromatic nitrogens is 1. The molecule has 0 fully saturated rings. The Hall–Kier alpha value is -1.62. The number of carbonyl (C=O) groups excluding carboxylic acids is 1. The number of methoxy groups -OCH3 is 1. The second-order valence-electron chi connectivity index (χ2n) is 4.55. The number of likely N-dealkylation sites (N-methyl/N-ethyl adjacent to an activating group) is 1. The first-order valence-corrected chi connectivity index (χ1v) is 5.34. The largest absolute Gasteiger partial charge is 0.382 e. The Morgan fingerprint density at radius 3 is 2.71 bits per heavy atom. The van der Waals surface area contributed by atoms with Crippen LogP contribution in [-0.4, -0.2) is 42.1 Å². The molecule has 1 aromatic rings. The Bertz CT molecular complexity index is 451. The third kappa shape index (κ3) is 3.17. The summed E-state index contributed by atoms with van der Waals surface area (Å²) in [6, 6.07) is 2.88. The van der Waals surface area contributed by atoms with E-state index in [4.69, 9.17) is 4.74 Å². The summed E-state index contributed by atoms with van der Waals surface area (Å²) < 4.78 is 5.08. The van der Waals surface area contributed by atoms with Crippen LogP contribution in [0.5, 0.6) is 0 Å². The van der Waals surface area contributed by atoms with Crippen molar-refractivity contribution < 1.29 is 9.53 Å². The molecule has 0 aliphatic heterocycles. The van der Waals surface area contributed by atoms with Crippen molar-refractivity contribution in [2.45, 2.75) is 19.4 Å². The summed E-state index contributed by atoms with van der Waals surface area (Å²) in [5, 5.41) is 0. The molecule has 0 unspecified atom stereocenters. The lowest BCUT2D eigenvalue weighted by Gasteiger charge is -2.35. The first-order valence-electron chi connectivity index (χ1n) is 5.34. The van der Waals surface area contributed by atoms with Gasteiger partial charge in [0.25, 0.3) is 5.91 Å². The van der Waals surface area contributed by atoms with E-state index < -0.39 is 5.54 Å². The number of H-pyrrole nitrogens is 1. The van der Waals surface area contributed by atoms with E-state index in [-0.39, 0.29) is 11.5 Å². The van der Waals surface area contributed by atoms with Crippen molar-refractivity contribution in [3.05, 3.63) is 34.2 Å². The van der Waals surface area contributed by atoms with Gasteiger partial charge in [-0.15, -0.1) is 0 Å². The fraction of sp³-hybridized carbons (Fsp3) is 0.500. The monoisotopic (exact) mass is 238 g/mol. The zero-order valence-electron chi connectivity index (χ0n) is 10.6. The highest BCUT2D eigenvalue weighted by molar-refractivity contribution is 5.94. The third-order valence-corrected chi connectivity index (χ3v) is 2.73. The molecule has 0 bridgehead atoms. The summed E-state index contributed by atoms with van der Waals surface area (Å²) in [5.41, 5.74) is -0.330. The summed E-state index contributed by atoms with van der Waals surface area (Å²) >= 11 is 0. The van der Waals surface area contributed by atoms with E-state index in [2.05, 4.69) is 4.98 Å². The predicted octanol–water partition coefficient (Wildman–Crippen LogP) is 0.872. The fourth-order valence-corrected chi connectivity index (χ4v) is 1.50. The number of amides is 1. The van der Waals surface area contributed by atoms with Crippen LogP contribution in [0.15, 0.2) is 23.1 Å². The fourth-order valence-electron chi connectivity index (χ4n) is 1.50. The Morgan fingerprint density at radius 1 is 1.53 bits per heavy atom. The highest BCUT2D eigenvalue weighted by Gasteiger charge is 2.28. The summed E-state index contributed by atoms with van der Waals surface area (Å²) in [6.07, 6.45) is 1.47. The minimum atomic E-state index is -0.422. The number of nitrogens with zero attached hydrogens (tertiary/aromatic N) is 1. The van der Waals surface area contributed by atoms with E-state index in [1.807, 2.05) is 13.8 Å². The molecule has 17 heavy (non-hydrogen) atoms. The molecule has 0 aliphatic carbocycles. The van der Waals surface area contributed by atoms with Crippen LogP contribution in [-0.2, 0) is 4.74 Å². The van der Waals surface area contributed by atoms with Crippen LogP contribution in [0.25, 0.3) is 0 Å². The average Bonchev–Trinajstić information content (AvgIpc) is 2.27. The van der Waals surface area contributed by atoms with Crippen molar-refractivity contribution in [1.29, 1.82) is 0 Å². The van der Waals surface area contributed by atoms with E-state index in [1.54, 1.807) is 25.1 Å². The average molecular weight is 238 g/mol. The summed E-state index contributed by atoms with van der Waals surface area (Å²) in [7, 11) is 3.29. The molecule has 94 valence electrons. The van der Waals surface area contributed by atoms with Gasteiger partial charge in [0.2, 0.25) is 5.56 Å². The molecular weight excluding hydrogens is 220 g/mol. The van der Waals surface area contributed by atoms with Gasteiger partial charge in [-0.25, -0.2) is 0 Å². The van der Waals surface area contributed by atoms with Crippen LogP contribution in [0, 0.1) is 0 Å². The summed E-state index contributed by atoms with van der Waals surface area (Å²) in [5.74, 6) is -0.196. The number of hydrogen-bond acceptors (Lipinski definition) is 3. The van der Waals surface area contributed by atoms with E-state index in [9.17, 15) is 9.59 Å². The minimum Gasteiger partial charge on any atom is -0.382 e. The quantitative estimate of drug-likeness (QED) is 0.846. The number of aromatic amines is 1. The molecule has 5 nitrogen and oxygen atoms in total. The zero-order chi connectivity index (χ0) is 13.1. The van der Waals surface area contributed by atoms with Crippen LogP contribution in [0.1, 0.15) is 24.2 Å². The highest BCUT2D eigenvalue weighted by Crippen LogP contribution is 2.15. The molecule has 1 aromatic heterocycles. The molecule has 1 rings (SSSR count). The SMILES string of the molecule is COCC(C)(C)N(C)C(=O)c1cc[nH]c(=O)c1. The highest BCUT2D eigenvalue weighted by atomic mass is 16.5. The predicted molar refractivity (Wildman–Crippen MR) is 65.1 cm³/mol. The number of nitrogens with one attached hydrogen (secondary N) is 1. The topological polar surface area (TPSA) is 62.4 Å². The lowest BCUT2D eigenvalue weighted by molar-refractivity contribution is 0.0366. The van der Waals surface area contributed by atoms with E-state index >= 15 is 0 Å². The normalized spacial score (nSPS) is 11.3. The lowest BCUT2D eigenvalue weighted by atomic mass is 10.0. The van der Waals surface area contributed by atoms with Gasteiger partial charge in [-0.1, -0.05) is 0 Å². The molecule has 1 N–H and O–H groups in total. The molecule has 0 saturated heterocycles. The van der Waals surface area contributed by atoms with Crippen molar-refractivity contribution in [3.8, 4) is 0 Å². The van der Waals surface area contributed by atoms with Crippen LogP contribution >= 0.6 is 0 Å². The number of hydrogen-bond donors (Lipinski definition) is 1. The minimum absolute atomic E-state index is 0.196. The van der Waals surface area contributed by atoms with Crippen LogP contribution in [0.2, 0.25) is 0 Å². The number of pyridine rings is 1. The maximum absolute atomic E-state index is 12.1. The Labute approximate surface area is 100 Å². The first-order chi connectivity index (χ1) is 7.88. The standard InChI is InChI=1S/C12H18N2O3/c1-12(2,8-17-4)14(3)11(16)9-5-6-13-10(15)7-9/h5-7H,8H2,1-4H3,(H,13,15). The van der Waals surface area contributed by atoms with Crippen molar-refractivity contribution in [1.82, 2.24) is 9.88 Å². The van der Waals surface area contributed by atoms with Gasteiger partial charge < -0.3 is 14.6 Å². The van der Waals surface area contributed by atoms with Crippen LogP contribution in [0.4, 0.5) is 0 Å². The van der Waals surface area contributed by atoms with Crippen LogP contribution < -0.4 is 5.56 Å². The second-order valence-corrected chi connectivity index (χ2v) is 4.55.